The maximum absolute atomic E-state index is 9.52. The van der Waals surface area contributed by atoms with Gasteiger partial charge in [-0.1, -0.05) is 109 Å². The zero-order chi connectivity index (χ0) is 22.5. The third kappa shape index (κ3) is 4.45. The van der Waals surface area contributed by atoms with Crippen LogP contribution in [0.5, 0.6) is 0 Å². The normalized spacial score (nSPS) is 10.6. The topological polar surface area (TPSA) is 23.5 Å². The number of para-hydroxylation sites is 1. The van der Waals surface area contributed by atoms with E-state index in [1.807, 2.05) is 24.3 Å². The van der Waals surface area contributed by atoms with E-state index in [0.717, 1.165) is 28.1 Å². The highest BCUT2D eigenvalue weighted by Gasteiger charge is 2.17. The van der Waals surface area contributed by atoms with Gasteiger partial charge in [-0.25, -0.2) is 0 Å². The smallest absolute Gasteiger partial charge is 0.304 e. The summed E-state index contributed by atoms with van der Waals surface area (Å²) in [7, 11) is 0.0344. The fourth-order valence-corrected chi connectivity index (χ4v) is 4.14. The molecule has 0 aliphatic heterocycles. The summed E-state index contributed by atoms with van der Waals surface area (Å²) in [5, 5.41) is 9.52. The fraction of sp³-hybridized carbons (Fsp3) is 0. The van der Waals surface area contributed by atoms with Crippen LogP contribution in [-0.4, -0.2) is 12.5 Å². The zero-order valence-corrected chi connectivity index (χ0v) is 18.3. The van der Waals surface area contributed by atoms with Crippen LogP contribution in [0.2, 0.25) is 0 Å². The standard InChI is InChI=1S/C30H24BNO/c33-31-26-17-21-28(22-18-26)32(27-19-15-24(16-20-27)23-9-3-1-4-10-23)30-14-8-7-13-29(30)25-11-5-2-6-12-25/h1-22,31,33H. The lowest BCUT2D eigenvalue weighted by atomic mass is 9.89. The predicted molar refractivity (Wildman–Crippen MR) is 141 cm³/mol. The van der Waals surface area contributed by atoms with Crippen molar-refractivity contribution in [2.45, 2.75) is 0 Å². The lowest BCUT2D eigenvalue weighted by Gasteiger charge is -2.28. The monoisotopic (exact) mass is 425 g/mol. The number of hydrogen-bond acceptors (Lipinski definition) is 2. The Balaban J connectivity index is 1.64. The zero-order valence-electron chi connectivity index (χ0n) is 18.3. The largest absolute Gasteiger partial charge is 0.449 e. The van der Waals surface area contributed by atoms with E-state index in [-0.39, 0.29) is 7.48 Å². The molecule has 0 aromatic heterocycles. The van der Waals surface area contributed by atoms with Crippen LogP contribution in [-0.2, 0) is 0 Å². The Morgan fingerprint density at radius 2 is 0.939 bits per heavy atom. The number of hydrogen-bond donors (Lipinski definition) is 1. The van der Waals surface area contributed by atoms with E-state index in [2.05, 4.69) is 114 Å². The summed E-state index contributed by atoms with van der Waals surface area (Å²) in [4.78, 5) is 2.28. The Kier molecular flexibility index (Phi) is 6.05. The second kappa shape index (κ2) is 9.60. The molecule has 0 spiro atoms. The molecule has 0 saturated carbocycles. The summed E-state index contributed by atoms with van der Waals surface area (Å²) in [6.07, 6.45) is 0. The average Bonchev–Trinajstić information content (AvgIpc) is 2.91. The first-order chi connectivity index (χ1) is 16.3. The second-order valence-corrected chi connectivity index (χ2v) is 7.96. The Morgan fingerprint density at radius 3 is 1.55 bits per heavy atom. The molecule has 1 N–H and O–H groups in total. The molecule has 0 atom stereocenters. The van der Waals surface area contributed by atoms with Gasteiger partial charge >= 0.3 is 7.48 Å². The molecule has 0 radical (unpaired) electrons. The molecule has 0 heterocycles. The number of benzene rings is 5. The Morgan fingerprint density at radius 1 is 0.455 bits per heavy atom. The van der Waals surface area contributed by atoms with Gasteiger partial charge in [-0.3, -0.25) is 0 Å². The van der Waals surface area contributed by atoms with Crippen LogP contribution < -0.4 is 10.4 Å². The fourth-order valence-electron chi connectivity index (χ4n) is 4.14. The minimum Gasteiger partial charge on any atom is -0.449 e. The van der Waals surface area contributed by atoms with Crippen molar-refractivity contribution in [2.24, 2.45) is 0 Å². The SMILES string of the molecule is OBc1ccc(N(c2ccc(-c3ccccc3)cc2)c2ccccc2-c2ccccc2)cc1. The first kappa shape index (κ1) is 20.8. The van der Waals surface area contributed by atoms with Gasteiger partial charge in [0.15, 0.2) is 0 Å². The molecule has 0 unspecified atom stereocenters. The van der Waals surface area contributed by atoms with Gasteiger partial charge in [0.2, 0.25) is 0 Å². The third-order valence-electron chi connectivity index (χ3n) is 5.84. The van der Waals surface area contributed by atoms with Crippen molar-refractivity contribution in [1.82, 2.24) is 0 Å². The van der Waals surface area contributed by atoms with Gasteiger partial charge in [-0.2, -0.15) is 0 Å². The van der Waals surface area contributed by atoms with E-state index in [1.54, 1.807) is 0 Å². The van der Waals surface area contributed by atoms with Crippen molar-refractivity contribution in [1.29, 1.82) is 0 Å². The predicted octanol–water partition coefficient (Wildman–Crippen LogP) is 6.46. The van der Waals surface area contributed by atoms with E-state index in [9.17, 15) is 5.02 Å². The summed E-state index contributed by atoms with van der Waals surface area (Å²) in [5.41, 5.74) is 8.85. The van der Waals surface area contributed by atoms with E-state index in [1.165, 1.54) is 16.7 Å². The molecule has 5 aromatic rings. The first-order valence-corrected chi connectivity index (χ1v) is 11.1. The summed E-state index contributed by atoms with van der Waals surface area (Å²) in [6, 6.07) is 46.2. The lowest BCUT2D eigenvalue weighted by Crippen LogP contribution is -2.15. The number of nitrogens with zero attached hydrogens (tertiary/aromatic N) is 1. The van der Waals surface area contributed by atoms with Gasteiger partial charge in [0.25, 0.3) is 0 Å². The van der Waals surface area contributed by atoms with E-state index in [0.29, 0.717) is 0 Å². The van der Waals surface area contributed by atoms with Crippen LogP contribution in [0.25, 0.3) is 22.3 Å². The molecule has 2 nitrogen and oxygen atoms in total. The molecule has 0 saturated heterocycles. The molecule has 5 aromatic carbocycles. The van der Waals surface area contributed by atoms with Gasteiger partial charge in [0.1, 0.15) is 0 Å². The van der Waals surface area contributed by atoms with Crippen LogP contribution in [0.1, 0.15) is 0 Å². The molecule has 0 aliphatic rings. The average molecular weight is 425 g/mol. The van der Waals surface area contributed by atoms with E-state index < -0.39 is 0 Å². The molecule has 0 aliphatic carbocycles. The number of rotatable bonds is 6. The number of anilines is 3. The van der Waals surface area contributed by atoms with Crippen molar-refractivity contribution in [2.75, 3.05) is 4.90 Å². The summed E-state index contributed by atoms with van der Waals surface area (Å²) in [6.45, 7) is 0. The summed E-state index contributed by atoms with van der Waals surface area (Å²) < 4.78 is 0. The van der Waals surface area contributed by atoms with Crippen molar-refractivity contribution < 1.29 is 5.02 Å². The van der Waals surface area contributed by atoms with Gasteiger partial charge < -0.3 is 9.92 Å². The summed E-state index contributed by atoms with van der Waals surface area (Å²) in [5.74, 6) is 0. The van der Waals surface area contributed by atoms with Gasteiger partial charge in [0.05, 0.1) is 5.69 Å². The quantitative estimate of drug-likeness (QED) is 0.316. The van der Waals surface area contributed by atoms with Gasteiger partial charge in [-0.15, -0.1) is 0 Å². The van der Waals surface area contributed by atoms with E-state index in [4.69, 9.17) is 0 Å². The molecular weight excluding hydrogens is 401 g/mol. The Labute approximate surface area is 195 Å². The molecule has 0 fully saturated rings. The van der Waals surface area contributed by atoms with E-state index >= 15 is 0 Å². The van der Waals surface area contributed by atoms with Gasteiger partial charge in [-0.05, 0) is 47.0 Å². The molecule has 0 amide bonds. The maximum Gasteiger partial charge on any atom is 0.304 e. The Bertz CT molecular complexity index is 1320. The minimum atomic E-state index is 0.0344. The molecular formula is C30H24BNO. The van der Waals surface area contributed by atoms with Crippen LogP contribution >= 0.6 is 0 Å². The molecule has 0 bridgehead atoms. The highest BCUT2D eigenvalue weighted by atomic mass is 16.2. The summed E-state index contributed by atoms with van der Waals surface area (Å²) >= 11 is 0. The molecule has 5 rings (SSSR count). The van der Waals surface area contributed by atoms with Crippen LogP contribution in [0.4, 0.5) is 17.1 Å². The lowest BCUT2D eigenvalue weighted by molar-refractivity contribution is 0.615. The van der Waals surface area contributed by atoms with Crippen LogP contribution in [0, 0.1) is 0 Å². The maximum atomic E-state index is 9.52. The van der Waals surface area contributed by atoms with Crippen molar-refractivity contribution in [3.63, 3.8) is 0 Å². The van der Waals surface area contributed by atoms with Crippen molar-refractivity contribution in [3.8, 4) is 22.3 Å². The highest BCUT2D eigenvalue weighted by Crippen LogP contribution is 2.40. The Hall–Kier alpha value is -4.08. The van der Waals surface area contributed by atoms with Gasteiger partial charge in [0, 0.05) is 16.9 Å². The second-order valence-electron chi connectivity index (χ2n) is 7.96. The van der Waals surface area contributed by atoms with Crippen LogP contribution in [0.3, 0.4) is 0 Å². The van der Waals surface area contributed by atoms with Crippen molar-refractivity contribution >= 4 is 30.0 Å². The minimum absolute atomic E-state index is 0.0344. The first-order valence-electron chi connectivity index (χ1n) is 11.1. The molecule has 33 heavy (non-hydrogen) atoms. The third-order valence-corrected chi connectivity index (χ3v) is 5.84. The molecule has 3 heteroatoms. The highest BCUT2D eigenvalue weighted by molar-refractivity contribution is 6.45. The molecule has 158 valence electrons. The van der Waals surface area contributed by atoms with Crippen molar-refractivity contribution in [3.05, 3.63) is 133 Å². The van der Waals surface area contributed by atoms with Crippen LogP contribution in [0.15, 0.2) is 133 Å².